The first-order chi connectivity index (χ1) is 13.1. The van der Waals surface area contributed by atoms with Crippen molar-refractivity contribution in [1.29, 1.82) is 0 Å². The largest absolute Gasteiger partial charge is 0.340 e. The fourth-order valence-electron chi connectivity index (χ4n) is 3.24. The number of rotatable bonds is 6. The van der Waals surface area contributed by atoms with Crippen molar-refractivity contribution in [3.05, 3.63) is 83.5 Å². The smallest absolute Gasteiger partial charge is 0.251 e. The summed E-state index contributed by atoms with van der Waals surface area (Å²) in [5.74, 6) is 0.730. The number of hydrogen-bond donors (Lipinski definition) is 2. The molecule has 4 rings (SSSR count). The molecule has 6 nitrogen and oxygen atoms in total. The van der Waals surface area contributed by atoms with E-state index in [2.05, 4.69) is 15.5 Å². The first-order valence-corrected chi connectivity index (χ1v) is 9.17. The lowest BCUT2D eigenvalue weighted by Gasteiger charge is -2.34. The first-order valence-electron chi connectivity index (χ1n) is 9.17. The maximum atomic E-state index is 12.7. The topological polar surface area (TPSA) is 94.0 Å². The second-order valence-corrected chi connectivity index (χ2v) is 7.05. The van der Waals surface area contributed by atoms with Gasteiger partial charge in [-0.15, -0.1) is 0 Å². The van der Waals surface area contributed by atoms with E-state index in [-0.39, 0.29) is 5.91 Å². The maximum absolute atomic E-state index is 12.7. The van der Waals surface area contributed by atoms with E-state index in [0.29, 0.717) is 23.7 Å². The Morgan fingerprint density at radius 1 is 1.11 bits per heavy atom. The van der Waals surface area contributed by atoms with Crippen LogP contribution in [0.3, 0.4) is 0 Å². The monoisotopic (exact) mass is 362 g/mol. The quantitative estimate of drug-likeness (QED) is 0.703. The van der Waals surface area contributed by atoms with Gasteiger partial charge in [-0.05, 0) is 37.0 Å². The summed E-state index contributed by atoms with van der Waals surface area (Å²) in [6, 6.07) is 18.6. The highest BCUT2D eigenvalue weighted by molar-refractivity contribution is 5.94. The minimum absolute atomic E-state index is 0.178. The predicted molar refractivity (Wildman–Crippen MR) is 101 cm³/mol. The molecule has 2 aromatic carbocycles. The molecule has 1 aliphatic rings. The molecule has 1 amide bonds. The van der Waals surface area contributed by atoms with Crippen molar-refractivity contribution in [2.24, 2.45) is 5.73 Å². The highest BCUT2D eigenvalue weighted by Gasteiger charge is 2.39. The van der Waals surface area contributed by atoms with E-state index in [1.807, 2.05) is 48.5 Å². The summed E-state index contributed by atoms with van der Waals surface area (Å²) >= 11 is 0. The van der Waals surface area contributed by atoms with Gasteiger partial charge < -0.3 is 15.6 Å². The van der Waals surface area contributed by atoms with Gasteiger partial charge in [-0.3, -0.25) is 4.79 Å². The molecule has 0 bridgehead atoms. The van der Waals surface area contributed by atoms with Crippen LogP contribution in [0.2, 0.25) is 0 Å². The van der Waals surface area contributed by atoms with Gasteiger partial charge in [0.2, 0.25) is 5.89 Å². The molecule has 1 aromatic heterocycles. The average Bonchev–Trinajstić information content (AvgIpc) is 3.17. The number of amides is 1. The lowest BCUT2D eigenvalue weighted by Crippen LogP contribution is -2.44. The molecule has 1 heterocycles. The van der Waals surface area contributed by atoms with Gasteiger partial charge in [0.1, 0.15) is 6.04 Å². The van der Waals surface area contributed by atoms with E-state index in [1.165, 1.54) is 0 Å². The van der Waals surface area contributed by atoms with Crippen molar-refractivity contribution >= 4 is 5.91 Å². The van der Waals surface area contributed by atoms with Gasteiger partial charge in [0.05, 0.1) is 5.54 Å². The standard InChI is InChI=1S/C21H22N4O2/c22-21(12-7-13-21)20-24-19(27-25-20)17(14-15-8-3-1-4-9-15)23-18(26)16-10-5-2-6-11-16/h1-6,8-11,17H,7,12-14,22H2,(H,23,26). The number of hydrogen-bond acceptors (Lipinski definition) is 5. The van der Waals surface area contributed by atoms with Crippen LogP contribution in [0.1, 0.15) is 52.9 Å². The third-order valence-electron chi connectivity index (χ3n) is 5.05. The van der Waals surface area contributed by atoms with Gasteiger partial charge in [0.25, 0.3) is 5.91 Å². The Balaban J connectivity index is 1.59. The number of nitrogens with two attached hydrogens (primary N) is 1. The van der Waals surface area contributed by atoms with Crippen LogP contribution in [-0.4, -0.2) is 16.0 Å². The fraction of sp³-hybridized carbons (Fsp3) is 0.286. The highest BCUT2D eigenvalue weighted by atomic mass is 16.5. The third kappa shape index (κ3) is 3.75. The Labute approximate surface area is 157 Å². The van der Waals surface area contributed by atoms with Gasteiger partial charge in [-0.25, -0.2) is 0 Å². The van der Waals surface area contributed by atoms with Gasteiger partial charge in [-0.1, -0.05) is 53.7 Å². The van der Waals surface area contributed by atoms with Crippen LogP contribution in [0.15, 0.2) is 65.2 Å². The summed E-state index contributed by atoms with van der Waals surface area (Å²) in [5.41, 5.74) is 7.47. The van der Waals surface area contributed by atoms with E-state index in [9.17, 15) is 4.79 Å². The zero-order valence-electron chi connectivity index (χ0n) is 15.0. The lowest BCUT2D eigenvalue weighted by atomic mass is 9.77. The molecule has 1 saturated carbocycles. The number of nitrogens with one attached hydrogen (secondary N) is 1. The van der Waals surface area contributed by atoms with Crippen LogP contribution < -0.4 is 11.1 Å². The molecular formula is C21H22N4O2. The van der Waals surface area contributed by atoms with Crippen molar-refractivity contribution < 1.29 is 9.32 Å². The van der Waals surface area contributed by atoms with E-state index in [4.69, 9.17) is 10.3 Å². The molecule has 0 radical (unpaired) electrons. The number of benzene rings is 2. The molecule has 0 aliphatic heterocycles. The number of carbonyl (C=O) groups is 1. The van der Waals surface area contributed by atoms with Crippen molar-refractivity contribution in [3.8, 4) is 0 Å². The van der Waals surface area contributed by atoms with Crippen LogP contribution in [-0.2, 0) is 12.0 Å². The number of carbonyl (C=O) groups excluding carboxylic acids is 1. The summed E-state index contributed by atoms with van der Waals surface area (Å²) < 4.78 is 5.50. The summed E-state index contributed by atoms with van der Waals surface area (Å²) in [6.07, 6.45) is 3.33. The van der Waals surface area contributed by atoms with Crippen LogP contribution >= 0.6 is 0 Å². The van der Waals surface area contributed by atoms with Crippen LogP contribution in [0.4, 0.5) is 0 Å². The van der Waals surface area contributed by atoms with Crippen LogP contribution in [0.25, 0.3) is 0 Å². The van der Waals surface area contributed by atoms with Gasteiger partial charge in [0.15, 0.2) is 5.82 Å². The zero-order valence-corrected chi connectivity index (χ0v) is 15.0. The second-order valence-electron chi connectivity index (χ2n) is 7.05. The molecule has 1 aliphatic carbocycles. The van der Waals surface area contributed by atoms with Crippen LogP contribution in [0.5, 0.6) is 0 Å². The minimum atomic E-state index is -0.498. The molecule has 0 spiro atoms. The van der Waals surface area contributed by atoms with Crippen LogP contribution in [0, 0.1) is 0 Å². The fourth-order valence-corrected chi connectivity index (χ4v) is 3.24. The average molecular weight is 362 g/mol. The molecule has 3 N–H and O–H groups in total. The Kier molecular flexibility index (Phi) is 4.73. The molecule has 138 valence electrons. The van der Waals surface area contributed by atoms with Gasteiger partial charge in [-0.2, -0.15) is 4.98 Å². The van der Waals surface area contributed by atoms with Crippen molar-refractivity contribution in [2.75, 3.05) is 0 Å². The third-order valence-corrected chi connectivity index (χ3v) is 5.05. The first kappa shape index (κ1) is 17.4. The Bertz CT molecular complexity index is 904. The number of nitrogens with zero attached hydrogens (tertiary/aromatic N) is 2. The number of aromatic nitrogens is 2. The SMILES string of the molecule is NC1(c2noc(C(Cc3ccccc3)NC(=O)c3ccccc3)n2)CCC1. The Morgan fingerprint density at radius 3 is 2.41 bits per heavy atom. The van der Waals surface area contributed by atoms with Gasteiger partial charge in [0, 0.05) is 12.0 Å². The minimum Gasteiger partial charge on any atom is -0.340 e. The Morgan fingerprint density at radius 2 is 1.78 bits per heavy atom. The van der Waals surface area contributed by atoms with Crippen molar-refractivity contribution in [1.82, 2.24) is 15.5 Å². The summed E-state index contributed by atoms with van der Waals surface area (Å²) in [6.45, 7) is 0. The molecule has 1 fully saturated rings. The molecule has 3 aromatic rings. The van der Waals surface area contributed by atoms with Crippen molar-refractivity contribution in [2.45, 2.75) is 37.3 Å². The summed E-state index contributed by atoms with van der Waals surface area (Å²) in [7, 11) is 0. The maximum Gasteiger partial charge on any atom is 0.251 e. The lowest BCUT2D eigenvalue weighted by molar-refractivity contribution is 0.0928. The van der Waals surface area contributed by atoms with E-state index in [0.717, 1.165) is 24.8 Å². The predicted octanol–water partition coefficient (Wildman–Crippen LogP) is 3.12. The van der Waals surface area contributed by atoms with E-state index < -0.39 is 11.6 Å². The van der Waals surface area contributed by atoms with E-state index in [1.54, 1.807) is 12.1 Å². The van der Waals surface area contributed by atoms with E-state index >= 15 is 0 Å². The normalized spacial score (nSPS) is 16.3. The molecule has 6 heteroatoms. The molecular weight excluding hydrogens is 340 g/mol. The summed E-state index contributed by atoms with van der Waals surface area (Å²) in [5, 5.41) is 7.11. The van der Waals surface area contributed by atoms with Crippen molar-refractivity contribution in [3.63, 3.8) is 0 Å². The molecule has 1 unspecified atom stereocenters. The molecule has 0 saturated heterocycles. The molecule has 27 heavy (non-hydrogen) atoms. The van der Waals surface area contributed by atoms with Gasteiger partial charge >= 0.3 is 0 Å². The highest BCUT2D eigenvalue weighted by Crippen LogP contribution is 2.37. The Hall–Kier alpha value is -2.99. The summed E-state index contributed by atoms with van der Waals surface area (Å²) in [4.78, 5) is 17.2. The molecule has 1 atom stereocenters. The zero-order chi connectivity index (χ0) is 18.7. The second kappa shape index (κ2) is 7.32.